The van der Waals surface area contributed by atoms with Crippen molar-refractivity contribution in [2.24, 2.45) is 5.92 Å². The topological polar surface area (TPSA) is 72.2 Å². The third kappa shape index (κ3) is 2.61. The van der Waals surface area contributed by atoms with Gasteiger partial charge in [0.15, 0.2) is 0 Å². The van der Waals surface area contributed by atoms with E-state index in [0.29, 0.717) is 5.92 Å². The second-order valence-corrected chi connectivity index (χ2v) is 5.08. The van der Waals surface area contributed by atoms with Crippen molar-refractivity contribution in [1.29, 1.82) is 0 Å². The molecule has 96 valence electrons. The Balaban J connectivity index is 2.10. The maximum Gasteiger partial charge on any atom is 0.288 e. The Morgan fingerprint density at radius 3 is 2.72 bits per heavy atom. The molecule has 0 spiro atoms. The highest BCUT2D eigenvalue weighted by molar-refractivity contribution is 6.32. The molecular weight excluding hydrogens is 256 g/mol. The summed E-state index contributed by atoms with van der Waals surface area (Å²) in [6.07, 6.45) is 1.92. The van der Waals surface area contributed by atoms with E-state index in [9.17, 15) is 14.9 Å². The van der Waals surface area contributed by atoms with Gasteiger partial charge in [-0.25, -0.2) is 0 Å². The maximum absolute atomic E-state index is 11.9. The van der Waals surface area contributed by atoms with Crippen LogP contribution in [0.25, 0.3) is 0 Å². The van der Waals surface area contributed by atoms with Crippen LogP contribution in [0.1, 0.15) is 30.1 Å². The lowest BCUT2D eigenvalue weighted by atomic mass is 9.82. The van der Waals surface area contributed by atoms with Crippen molar-refractivity contribution in [1.82, 2.24) is 5.32 Å². The van der Waals surface area contributed by atoms with Crippen LogP contribution in [-0.4, -0.2) is 16.9 Å². The van der Waals surface area contributed by atoms with Gasteiger partial charge in [-0.05, 0) is 30.9 Å². The fourth-order valence-corrected chi connectivity index (χ4v) is 2.27. The molecular formula is C12H13ClN2O3. The number of hydrogen-bond acceptors (Lipinski definition) is 3. The minimum atomic E-state index is -0.593. The summed E-state index contributed by atoms with van der Waals surface area (Å²) in [5, 5.41) is 13.6. The molecule has 5 nitrogen and oxygen atoms in total. The first kappa shape index (κ1) is 12.8. The summed E-state index contributed by atoms with van der Waals surface area (Å²) >= 11 is 5.69. The number of carbonyl (C=O) groups excluding carboxylic acids is 1. The van der Waals surface area contributed by atoms with Crippen molar-refractivity contribution < 1.29 is 9.72 Å². The van der Waals surface area contributed by atoms with E-state index < -0.39 is 4.92 Å². The number of amides is 1. The molecule has 1 saturated carbocycles. The average molecular weight is 269 g/mol. The number of nitro groups is 1. The molecule has 6 heteroatoms. The zero-order chi connectivity index (χ0) is 13.3. The second-order valence-electron chi connectivity index (χ2n) is 4.67. The van der Waals surface area contributed by atoms with E-state index in [1.54, 1.807) is 0 Å². The lowest BCUT2D eigenvalue weighted by molar-refractivity contribution is -0.384. The van der Waals surface area contributed by atoms with Gasteiger partial charge in [-0.1, -0.05) is 18.5 Å². The predicted molar refractivity (Wildman–Crippen MR) is 67.8 cm³/mol. The molecule has 1 aliphatic carbocycles. The second kappa shape index (κ2) is 4.94. The summed E-state index contributed by atoms with van der Waals surface area (Å²) < 4.78 is 0. The van der Waals surface area contributed by atoms with E-state index in [0.717, 1.165) is 12.8 Å². The van der Waals surface area contributed by atoms with Crippen LogP contribution in [0.2, 0.25) is 5.02 Å². The molecule has 0 heterocycles. The quantitative estimate of drug-likeness (QED) is 0.677. The number of nitrogens with zero attached hydrogens (tertiary/aromatic N) is 1. The van der Waals surface area contributed by atoms with Crippen LogP contribution in [0.4, 0.5) is 5.69 Å². The predicted octanol–water partition coefficient (Wildman–Crippen LogP) is 2.78. The molecule has 1 N–H and O–H groups in total. The molecule has 1 aliphatic rings. The highest BCUT2D eigenvalue weighted by atomic mass is 35.5. The van der Waals surface area contributed by atoms with Gasteiger partial charge < -0.3 is 5.32 Å². The van der Waals surface area contributed by atoms with Crippen LogP contribution in [0, 0.1) is 16.0 Å². The Labute approximate surface area is 109 Å². The van der Waals surface area contributed by atoms with Gasteiger partial charge in [0, 0.05) is 17.7 Å². The van der Waals surface area contributed by atoms with Crippen molar-refractivity contribution >= 4 is 23.2 Å². The molecule has 0 atom stereocenters. The summed E-state index contributed by atoms with van der Waals surface area (Å²) in [6.45, 7) is 2.12. The van der Waals surface area contributed by atoms with Crippen LogP contribution in [0.5, 0.6) is 0 Å². The number of halogens is 1. The number of rotatable bonds is 3. The van der Waals surface area contributed by atoms with Crippen molar-refractivity contribution in [3.05, 3.63) is 38.9 Å². The van der Waals surface area contributed by atoms with Gasteiger partial charge in [-0.2, -0.15) is 0 Å². The van der Waals surface area contributed by atoms with Crippen LogP contribution in [-0.2, 0) is 0 Å². The SMILES string of the molecule is CC1CC(NC(=O)c2ccc(Cl)c([N+](=O)[O-])c2)C1. The van der Waals surface area contributed by atoms with E-state index in [4.69, 9.17) is 11.6 Å². The Morgan fingerprint density at radius 2 is 2.17 bits per heavy atom. The maximum atomic E-state index is 11.9. The van der Waals surface area contributed by atoms with Gasteiger partial charge in [-0.3, -0.25) is 14.9 Å². The van der Waals surface area contributed by atoms with Gasteiger partial charge in [0.2, 0.25) is 0 Å². The molecule has 0 saturated heterocycles. The number of benzene rings is 1. The Morgan fingerprint density at radius 1 is 1.50 bits per heavy atom. The van der Waals surface area contributed by atoms with Gasteiger partial charge in [-0.15, -0.1) is 0 Å². The van der Waals surface area contributed by atoms with E-state index in [1.165, 1.54) is 18.2 Å². The zero-order valence-electron chi connectivity index (χ0n) is 9.85. The summed E-state index contributed by atoms with van der Waals surface area (Å²) in [6, 6.07) is 4.26. The van der Waals surface area contributed by atoms with Crippen LogP contribution in [0.15, 0.2) is 18.2 Å². The summed E-state index contributed by atoms with van der Waals surface area (Å²) in [5.74, 6) is 0.349. The fourth-order valence-electron chi connectivity index (χ4n) is 2.08. The first-order valence-corrected chi connectivity index (χ1v) is 6.10. The summed E-state index contributed by atoms with van der Waals surface area (Å²) in [5.41, 5.74) is 0.0250. The Hall–Kier alpha value is -1.62. The van der Waals surface area contributed by atoms with Crippen LogP contribution < -0.4 is 5.32 Å². The number of nitrogens with one attached hydrogen (secondary N) is 1. The van der Waals surface area contributed by atoms with Gasteiger partial charge in [0.1, 0.15) is 5.02 Å². The van der Waals surface area contributed by atoms with E-state index in [2.05, 4.69) is 12.2 Å². The first-order valence-electron chi connectivity index (χ1n) is 5.72. The molecule has 0 aromatic heterocycles. The molecule has 0 bridgehead atoms. The van der Waals surface area contributed by atoms with Crippen molar-refractivity contribution in [2.45, 2.75) is 25.8 Å². The average Bonchev–Trinajstić information content (AvgIpc) is 2.27. The van der Waals surface area contributed by atoms with Crippen LogP contribution in [0.3, 0.4) is 0 Å². The van der Waals surface area contributed by atoms with Crippen molar-refractivity contribution in [3.8, 4) is 0 Å². The van der Waals surface area contributed by atoms with E-state index in [-0.39, 0.29) is 28.2 Å². The monoisotopic (exact) mass is 268 g/mol. The summed E-state index contributed by atoms with van der Waals surface area (Å²) in [7, 11) is 0. The van der Waals surface area contributed by atoms with E-state index >= 15 is 0 Å². The van der Waals surface area contributed by atoms with Gasteiger partial charge in [0.25, 0.3) is 11.6 Å². The lowest BCUT2D eigenvalue weighted by Crippen LogP contribution is -2.43. The smallest absolute Gasteiger partial charge is 0.288 e. The largest absolute Gasteiger partial charge is 0.349 e. The standard InChI is InChI=1S/C12H13ClN2O3/c1-7-4-9(5-7)14-12(16)8-2-3-10(13)11(6-8)15(17)18/h2-3,6-7,9H,4-5H2,1H3,(H,14,16). The lowest BCUT2D eigenvalue weighted by Gasteiger charge is -2.33. The molecule has 1 fully saturated rings. The fraction of sp³-hybridized carbons (Fsp3) is 0.417. The Kier molecular flexibility index (Phi) is 3.52. The molecule has 0 radical (unpaired) electrons. The number of hydrogen-bond donors (Lipinski definition) is 1. The molecule has 2 rings (SSSR count). The van der Waals surface area contributed by atoms with Crippen molar-refractivity contribution in [2.75, 3.05) is 0 Å². The minimum absolute atomic E-state index is 0.0359. The molecule has 0 unspecified atom stereocenters. The van der Waals surface area contributed by atoms with E-state index in [1.807, 2.05) is 0 Å². The molecule has 1 amide bonds. The third-order valence-corrected chi connectivity index (χ3v) is 3.43. The van der Waals surface area contributed by atoms with Gasteiger partial charge >= 0.3 is 0 Å². The molecule has 18 heavy (non-hydrogen) atoms. The summed E-state index contributed by atoms with van der Waals surface area (Å²) in [4.78, 5) is 22.0. The Bertz CT molecular complexity index is 498. The minimum Gasteiger partial charge on any atom is -0.349 e. The normalized spacial score (nSPS) is 22.1. The molecule has 0 aliphatic heterocycles. The first-order chi connectivity index (χ1) is 8.47. The highest BCUT2D eigenvalue weighted by Crippen LogP contribution is 2.28. The van der Waals surface area contributed by atoms with Crippen molar-refractivity contribution in [3.63, 3.8) is 0 Å². The van der Waals surface area contributed by atoms with Crippen LogP contribution >= 0.6 is 11.6 Å². The molecule has 1 aromatic carbocycles. The molecule has 1 aromatic rings. The number of carbonyl (C=O) groups is 1. The number of nitro benzene ring substituents is 1. The third-order valence-electron chi connectivity index (χ3n) is 3.11. The zero-order valence-corrected chi connectivity index (χ0v) is 10.6. The van der Waals surface area contributed by atoms with Gasteiger partial charge in [0.05, 0.1) is 4.92 Å². The highest BCUT2D eigenvalue weighted by Gasteiger charge is 2.27.